The van der Waals surface area contributed by atoms with Gasteiger partial charge in [-0.2, -0.15) is 0 Å². The van der Waals surface area contributed by atoms with Gasteiger partial charge in [0.05, 0.1) is 18.6 Å². The Morgan fingerprint density at radius 2 is 2.05 bits per heavy atom. The van der Waals surface area contributed by atoms with Crippen LogP contribution in [0.1, 0.15) is 33.1 Å². The van der Waals surface area contributed by atoms with Gasteiger partial charge in [0, 0.05) is 6.54 Å². The average Bonchev–Trinajstić information content (AvgIpc) is 2.39. The first-order chi connectivity index (χ1) is 9.43. The molecule has 20 heavy (non-hydrogen) atoms. The summed E-state index contributed by atoms with van der Waals surface area (Å²) in [5.74, 6) is 0.0221. The number of carbonyl (C=O) groups is 1. The van der Waals surface area contributed by atoms with Crippen molar-refractivity contribution >= 4 is 5.91 Å². The van der Waals surface area contributed by atoms with Crippen LogP contribution in [0.5, 0.6) is 5.75 Å². The Morgan fingerprint density at radius 3 is 2.65 bits per heavy atom. The third-order valence-corrected chi connectivity index (χ3v) is 2.87. The second-order valence-electron chi connectivity index (χ2n) is 5.08. The monoisotopic (exact) mass is 283 g/mol. The second-order valence-corrected chi connectivity index (χ2v) is 5.08. The maximum Gasteiger partial charge on any atom is 0.223 e. The lowest BCUT2D eigenvalue weighted by Gasteiger charge is -2.22. The smallest absolute Gasteiger partial charge is 0.223 e. The molecule has 1 rings (SSSR count). The molecule has 0 spiro atoms. The summed E-state index contributed by atoms with van der Waals surface area (Å²) in [6.45, 7) is 4.13. The van der Waals surface area contributed by atoms with E-state index in [9.17, 15) is 14.3 Å². The molecular formula is C15H22FNO3. The molecule has 0 saturated heterocycles. The first kappa shape index (κ1) is 16.4. The van der Waals surface area contributed by atoms with Crippen molar-refractivity contribution in [2.75, 3.05) is 13.2 Å². The van der Waals surface area contributed by atoms with Gasteiger partial charge in [0.25, 0.3) is 0 Å². The molecule has 1 unspecified atom stereocenters. The van der Waals surface area contributed by atoms with Crippen LogP contribution in [-0.4, -0.2) is 29.8 Å². The van der Waals surface area contributed by atoms with Gasteiger partial charge in [-0.15, -0.1) is 0 Å². The molecule has 1 atom stereocenters. The lowest BCUT2D eigenvalue weighted by Crippen LogP contribution is -2.40. The molecule has 1 aromatic rings. The molecule has 0 saturated carbocycles. The highest BCUT2D eigenvalue weighted by Crippen LogP contribution is 2.12. The molecule has 0 bridgehead atoms. The highest BCUT2D eigenvalue weighted by atomic mass is 19.1. The van der Waals surface area contributed by atoms with Crippen LogP contribution in [0.2, 0.25) is 0 Å². The number of halogens is 1. The molecule has 0 heterocycles. The van der Waals surface area contributed by atoms with E-state index in [4.69, 9.17) is 4.74 Å². The number of benzene rings is 1. The summed E-state index contributed by atoms with van der Waals surface area (Å²) in [5, 5.41) is 12.6. The van der Waals surface area contributed by atoms with Crippen molar-refractivity contribution in [3.63, 3.8) is 0 Å². The van der Waals surface area contributed by atoms with E-state index in [0.29, 0.717) is 12.2 Å². The standard InChI is InChI=1S/C15H22FNO3/c1-3-9-15(2,19)11-17-14(18)8-10-20-13-6-4-12(16)5-7-13/h4-7,19H,3,8-11H2,1-2H3,(H,17,18). The topological polar surface area (TPSA) is 58.6 Å². The summed E-state index contributed by atoms with van der Waals surface area (Å²) in [6.07, 6.45) is 1.69. The van der Waals surface area contributed by atoms with Gasteiger partial charge in [0.1, 0.15) is 11.6 Å². The molecule has 0 aromatic heterocycles. The fourth-order valence-corrected chi connectivity index (χ4v) is 1.80. The quantitative estimate of drug-likeness (QED) is 0.769. The van der Waals surface area contributed by atoms with Crippen LogP contribution in [0.15, 0.2) is 24.3 Å². The molecule has 0 aliphatic rings. The number of hydrogen-bond donors (Lipinski definition) is 2. The summed E-state index contributed by atoms with van der Waals surface area (Å²) < 4.78 is 18.0. The fourth-order valence-electron chi connectivity index (χ4n) is 1.80. The minimum Gasteiger partial charge on any atom is -0.493 e. The van der Waals surface area contributed by atoms with E-state index in [2.05, 4.69) is 5.32 Å². The van der Waals surface area contributed by atoms with Gasteiger partial charge >= 0.3 is 0 Å². The zero-order chi connectivity index (χ0) is 15.0. The van der Waals surface area contributed by atoms with E-state index in [-0.39, 0.29) is 31.3 Å². The van der Waals surface area contributed by atoms with Gasteiger partial charge in [0.2, 0.25) is 5.91 Å². The van der Waals surface area contributed by atoms with Crippen molar-refractivity contribution in [3.05, 3.63) is 30.1 Å². The maximum atomic E-state index is 12.7. The van der Waals surface area contributed by atoms with Gasteiger partial charge in [-0.1, -0.05) is 13.3 Å². The van der Waals surface area contributed by atoms with Gasteiger partial charge in [-0.3, -0.25) is 4.79 Å². The average molecular weight is 283 g/mol. The first-order valence-corrected chi connectivity index (χ1v) is 6.80. The van der Waals surface area contributed by atoms with E-state index in [1.165, 1.54) is 24.3 Å². The Labute approximate surface area is 119 Å². The predicted octanol–water partition coefficient (Wildman–Crippen LogP) is 2.26. The fraction of sp³-hybridized carbons (Fsp3) is 0.533. The minimum absolute atomic E-state index is 0.177. The maximum absolute atomic E-state index is 12.7. The van der Waals surface area contributed by atoms with Crippen molar-refractivity contribution < 1.29 is 19.0 Å². The third-order valence-electron chi connectivity index (χ3n) is 2.87. The molecule has 0 fully saturated rings. The Balaban J connectivity index is 2.22. The molecule has 112 valence electrons. The van der Waals surface area contributed by atoms with E-state index in [1.807, 2.05) is 6.92 Å². The molecule has 2 N–H and O–H groups in total. The van der Waals surface area contributed by atoms with Gasteiger partial charge in [0.15, 0.2) is 0 Å². The lowest BCUT2D eigenvalue weighted by molar-refractivity contribution is -0.122. The van der Waals surface area contributed by atoms with Crippen molar-refractivity contribution in [2.24, 2.45) is 0 Å². The molecule has 1 amide bonds. The number of hydrogen-bond acceptors (Lipinski definition) is 3. The highest BCUT2D eigenvalue weighted by Gasteiger charge is 2.19. The minimum atomic E-state index is -0.873. The number of aliphatic hydroxyl groups is 1. The third kappa shape index (κ3) is 6.52. The molecule has 0 radical (unpaired) electrons. The molecule has 4 nitrogen and oxygen atoms in total. The molecular weight excluding hydrogens is 261 g/mol. The number of carbonyl (C=O) groups excluding carboxylic acids is 1. The number of amides is 1. The highest BCUT2D eigenvalue weighted by molar-refractivity contribution is 5.76. The van der Waals surface area contributed by atoms with Crippen molar-refractivity contribution in [2.45, 2.75) is 38.7 Å². The van der Waals surface area contributed by atoms with Crippen LogP contribution in [0, 0.1) is 5.82 Å². The van der Waals surface area contributed by atoms with Crippen molar-refractivity contribution in [1.29, 1.82) is 0 Å². The SMILES string of the molecule is CCCC(C)(O)CNC(=O)CCOc1ccc(F)cc1. The molecule has 0 aliphatic heterocycles. The van der Waals surface area contributed by atoms with E-state index < -0.39 is 5.60 Å². The molecule has 0 aliphatic carbocycles. The van der Waals surface area contributed by atoms with Crippen LogP contribution in [0.4, 0.5) is 4.39 Å². The predicted molar refractivity (Wildman–Crippen MR) is 75.1 cm³/mol. The van der Waals surface area contributed by atoms with Crippen LogP contribution >= 0.6 is 0 Å². The summed E-state index contributed by atoms with van der Waals surface area (Å²) >= 11 is 0. The summed E-state index contributed by atoms with van der Waals surface area (Å²) in [6, 6.07) is 5.63. The Morgan fingerprint density at radius 1 is 1.40 bits per heavy atom. The number of ether oxygens (including phenoxy) is 1. The zero-order valence-electron chi connectivity index (χ0n) is 12.0. The van der Waals surface area contributed by atoms with Gasteiger partial charge < -0.3 is 15.2 Å². The number of nitrogens with one attached hydrogen (secondary N) is 1. The van der Waals surface area contributed by atoms with E-state index >= 15 is 0 Å². The zero-order valence-corrected chi connectivity index (χ0v) is 12.0. The van der Waals surface area contributed by atoms with E-state index in [1.54, 1.807) is 6.92 Å². The van der Waals surface area contributed by atoms with E-state index in [0.717, 1.165) is 6.42 Å². The van der Waals surface area contributed by atoms with Crippen LogP contribution < -0.4 is 10.1 Å². The normalized spacial score (nSPS) is 13.6. The van der Waals surface area contributed by atoms with Crippen LogP contribution in [0.25, 0.3) is 0 Å². The van der Waals surface area contributed by atoms with Crippen molar-refractivity contribution in [3.8, 4) is 5.75 Å². The van der Waals surface area contributed by atoms with Gasteiger partial charge in [-0.25, -0.2) is 4.39 Å². The lowest BCUT2D eigenvalue weighted by atomic mass is 10.0. The van der Waals surface area contributed by atoms with Crippen molar-refractivity contribution in [1.82, 2.24) is 5.32 Å². The summed E-state index contributed by atoms with van der Waals surface area (Å²) in [7, 11) is 0. The van der Waals surface area contributed by atoms with Crippen LogP contribution in [0.3, 0.4) is 0 Å². The summed E-state index contributed by atoms with van der Waals surface area (Å²) in [4.78, 5) is 11.6. The Bertz CT molecular complexity index is 418. The molecule has 1 aromatic carbocycles. The first-order valence-electron chi connectivity index (χ1n) is 6.80. The summed E-state index contributed by atoms with van der Waals surface area (Å²) in [5.41, 5.74) is -0.873. The van der Waals surface area contributed by atoms with Crippen LogP contribution in [-0.2, 0) is 4.79 Å². The second kappa shape index (κ2) is 7.85. The number of rotatable bonds is 8. The largest absolute Gasteiger partial charge is 0.493 e. The Hall–Kier alpha value is -1.62. The molecule has 5 heteroatoms. The van der Waals surface area contributed by atoms with Gasteiger partial charge in [-0.05, 0) is 37.6 Å². The Kier molecular flexibility index (Phi) is 6.45.